The minimum Gasteiger partial charge on any atom is -0.462 e. The van der Waals surface area contributed by atoms with Crippen molar-refractivity contribution in [3.05, 3.63) is 24.4 Å². The quantitative estimate of drug-likeness (QED) is 0.326. The Kier molecular flexibility index (Phi) is 7.01. The number of nitrogens with one attached hydrogen (secondary N) is 1. The van der Waals surface area contributed by atoms with Crippen molar-refractivity contribution in [3.8, 4) is 0 Å². The number of amides is 3. The fourth-order valence-electron chi connectivity index (χ4n) is 1.64. The first-order valence-electron chi connectivity index (χ1n) is 6.73. The molecule has 7 heteroatoms. The van der Waals surface area contributed by atoms with Crippen LogP contribution in [-0.2, 0) is 14.3 Å². The van der Waals surface area contributed by atoms with Gasteiger partial charge >= 0.3 is 12.0 Å². The third kappa shape index (κ3) is 6.03. The van der Waals surface area contributed by atoms with Gasteiger partial charge in [0.15, 0.2) is 0 Å². The first-order chi connectivity index (χ1) is 9.91. The molecule has 0 radical (unpaired) electrons. The van der Waals surface area contributed by atoms with Crippen LogP contribution in [-0.4, -0.2) is 34.8 Å². The third-order valence-corrected chi connectivity index (χ3v) is 3.09. The van der Waals surface area contributed by atoms with Crippen LogP contribution in [0.25, 0.3) is 0 Å². The van der Waals surface area contributed by atoms with Gasteiger partial charge < -0.3 is 10.1 Å². The van der Waals surface area contributed by atoms with E-state index in [1.54, 1.807) is 13.0 Å². The van der Waals surface area contributed by atoms with Crippen molar-refractivity contribution in [1.29, 1.82) is 0 Å². The van der Waals surface area contributed by atoms with Gasteiger partial charge in [0, 0.05) is 18.2 Å². The van der Waals surface area contributed by atoms with Crippen molar-refractivity contribution in [2.45, 2.75) is 38.0 Å². The second-order valence-electron chi connectivity index (χ2n) is 4.73. The van der Waals surface area contributed by atoms with Gasteiger partial charge in [0.25, 0.3) is 0 Å². The fraction of sp³-hybridized carbons (Fsp3) is 0.500. The minimum absolute atomic E-state index is 0.261. The summed E-state index contributed by atoms with van der Waals surface area (Å²) >= 11 is 4.07. The lowest BCUT2D eigenvalue weighted by atomic mass is 10.2. The molecule has 0 saturated carbocycles. The van der Waals surface area contributed by atoms with Crippen LogP contribution < -0.4 is 5.32 Å². The molecule has 0 aromatic heterocycles. The number of hydrogen-bond acceptors (Lipinski definition) is 5. The Morgan fingerprint density at radius 1 is 1.43 bits per heavy atom. The molecule has 0 aliphatic carbocycles. The molecule has 1 unspecified atom stereocenters. The van der Waals surface area contributed by atoms with Gasteiger partial charge in [-0.3, -0.25) is 4.79 Å². The zero-order chi connectivity index (χ0) is 15.8. The zero-order valence-corrected chi connectivity index (χ0v) is 12.9. The average molecular weight is 312 g/mol. The average Bonchev–Trinajstić information content (AvgIpc) is 2.41. The number of ether oxygens (including phenoxy) is 1. The van der Waals surface area contributed by atoms with E-state index in [1.807, 2.05) is 0 Å². The molecule has 1 aliphatic rings. The lowest BCUT2D eigenvalue weighted by Crippen LogP contribution is -2.46. The maximum Gasteiger partial charge on any atom is 0.333 e. The van der Waals surface area contributed by atoms with Crippen LogP contribution >= 0.6 is 12.6 Å². The first-order valence-corrected chi connectivity index (χ1v) is 7.25. The van der Waals surface area contributed by atoms with Crippen molar-refractivity contribution in [3.63, 3.8) is 0 Å². The molecule has 0 bridgehead atoms. The zero-order valence-electron chi connectivity index (χ0n) is 12.0. The SMILES string of the molecule is C=C(C)C(=O)OCCCCCC(=O)N1C=CC(S)NC1=O. The van der Waals surface area contributed by atoms with E-state index in [4.69, 9.17) is 4.74 Å². The van der Waals surface area contributed by atoms with Gasteiger partial charge in [-0.2, -0.15) is 12.6 Å². The van der Waals surface area contributed by atoms with E-state index in [0.29, 0.717) is 25.0 Å². The molecule has 0 saturated heterocycles. The van der Waals surface area contributed by atoms with Gasteiger partial charge in [-0.15, -0.1) is 0 Å². The maximum absolute atomic E-state index is 11.8. The Labute approximate surface area is 129 Å². The molecule has 1 rings (SSSR count). The highest BCUT2D eigenvalue weighted by atomic mass is 32.1. The Morgan fingerprint density at radius 3 is 2.76 bits per heavy atom. The molecule has 6 nitrogen and oxygen atoms in total. The van der Waals surface area contributed by atoms with Crippen LogP contribution in [0, 0.1) is 0 Å². The Bertz CT molecular complexity index is 462. The van der Waals surface area contributed by atoms with E-state index in [0.717, 1.165) is 11.3 Å². The molecule has 0 spiro atoms. The van der Waals surface area contributed by atoms with E-state index in [1.165, 1.54) is 6.20 Å². The van der Waals surface area contributed by atoms with Crippen molar-refractivity contribution in [2.24, 2.45) is 0 Å². The molecule has 116 valence electrons. The minimum atomic E-state index is -0.460. The molecule has 0 aromatic carbocycles. The Hall–Kier alpha value is -1.76. The lowest BCUT2D eigenvalue weighted by molar-refractivity contribution is -0.139. The number of thiol groups is 1. The van der Waals surface area contributed by atoms with Gasteiger partial charge in [-0.1, -0.05) is 6.58 Å². The summed E-state index contributed by atoms with van der Waals surface area (Å²) in [4.78, 5) is 35.5. The predicted octanol–water partition coefficient (Wildman–Crippen LogP) is 1.99. The normalized spacial score (nSPS) is 17.3. The smallest absolute Gasteiger partial charge is 0.333 e. The van der Waals surface area contributed by atoms with Crippen LogP contribution in [0.4, 0.5) is 4.79 Å². The summed E-state index contributed by atoms with van der Waals surface area (Å²) in [5.74, 6) is -0.662. The highest BCUT2D eigenvalue weighted by Gasteiger charge is 2.23. The number of nitrogens with zero attached hydrogens (tertiary/aromatic N) is 1. The van der Waals surface area contributed by atoms with Gasteiger partial charge in [-0.25, -0.2) is 14.5 Å². The molecule has 1 aliphatic heterocycles. The molecular weight excluding hydrogens is 292 g/mol. The predicted molar refractivity (Wildman–Crippen MR) is 81.5 cm³/mol. The summed E-state index contributed by atoms with van der Waals surface area (Å²) in [5, 5.41) is 2.16. The molecule has 0 aromatic rings. The van der Waals surface area contributed by atoms with E-state index < -0.39 is 12.0 Å². The standard InChI is InChI=1S/C14H20N2O4S/c1-10(2)13(18)20-9-5-3-4-6-12(17)16-8-7-11(21)15-14(16)19/h7-8,11,21H,1,3-6,9H2,2H3,(H,15,19). The van der Waals surface area contributed by atoms with Crippen LogP contribution in [0.3, 0.4) is 0 Å². The molecule has 1 heterocycles. The number of unbranched alkanes of at least 4 members (excludes halogenated alkanes) is 2. The number of carbonyl (C=O) groups is 3. The van der Waals surface area contributed by atoms with Crippen LogP contribution in [0.2, 0.25) is 0 Å². The van der Waals surface area contributed by atoms with E-state index in [2.05, 4.69) is 24.5 Å². The first kappa shape index (κ1) is 17.3. The van der Waals surface area contributed by atoms with Gasteiger partial charge in [0.05, 0.1) is 12.0 Å². The summed E-state index contributed by atoms with van der Waals surface area (Å²) in [6.45, 7) is 5.38. The molecule has 21 heavy (non-hydrogen) atoms. The number of imide groups is 1. The van der Waals surface area contributed by atoms with Gasteiger partial charge in [0.2, 0.25) is 5.91 Å². The largest absolute Gasteiger partial charge is 0.462 e. The van der Waals surface area contributed by atoms with E-state index in [-0.39, 0.29) is 17.7 Å². The van der Waals surface area contributed by atoms with Crippen LogP contribution in [0.5, 0.6) is 0 Å². The summed E-state index contributed by atoms with van der Waals surface area (Å²) in [5.41, 5.74) is 0.371. The summed E-state index contributed by atoms with van der Waals surface area (Å²) in [7, 11) is 0. The number of hydrogen-bond donors (Lipinski definition) is 2. The maximum atomic E-state index is 11.8. The van der Waals surface area contributed by atoms with E-state index in [9.17, 15) is 14.4 Å². The van der Waals surface area contributed by atoms with Crippen LogP contribution in [0.15, 0.2) is 24.4 Å². The monoisotopic (exact) mass is 312 g/mol. The van der Waals surface area contributed by atoms with Crippen LogP contribution in [0.1, 0.15) is 32.6 Å². The topological polar surface area (TPSA) is 75.7 Å². The Balaban J connectivity index is 2.17. The summed E-state index contributed by atoms with van der Waals surface area (Å²) < 4.78 is 4.94. The highest BCUT2D eigenvalue weighted by molar-refractivity contribution is 7.81. The fourth-order valence-corrected chi connectivity index (χ4v) is 1.83. The molecule has 1 atom stereocenters. The summed E-state index contributed by atoms with van der Waals surface area (Å²) in [6, 6.07) is -0.460. The highest BCUT2D eigenvalue weighted by Crippen LogP contribution is 2.09. The second kappa shape index (κ2) is 8.51. The van der Waals surface area contributed by atoms with Crippen molar-refractivity contribution in [2.75, 3.05) is 6.61 Å². The van der Waals surface area contributed by atoms with Crippen molar-refractivity contribution in [1.82, 2.24) is 10.2 Å². The molecule has 3 amide bonds. The molecular formula is C14H20N2O4S. The number of urea groups is 1. The van der Waals surface area contributed by atoms with Crippen molar-refractivity contribution < 1.29 is 19.1 Å². The Morgan fingerprint density at radius 2 is 2.14 bits per heavy atom. The molecule has 0 fully saturated rings. The van der Waals surface area contributed by atoms with E-state index >= 15 is 0 Å². The number of rotatable bonds is 7. The van der Waals surface area contributed by atoms with Gasteiger partial charge in [-0.05, 0) is 32.3 Å². The number of carbonyl (C=O) groups excluding carboxylic acids is 3. The summed E-state index contributed by atoms with van der Waals surface area (Å²) in [6.07, 6.45) is 5.37. The number of esters is 1. The second-order valence-corrected chi connectivity index (χ2v) is 5.28. The lowest BCUT2D eigenvalue weighted by Gasteiger charge is -2.23. The van der Waals surface area contributed by atoms with Gasteiger partial charge in [0.1, 0.15) is 0 Å². The molecule has 1 N–H and O–H groups in total. The third-order valence-electron chi connectivity index (χ3n) is 2.79. The van der Waals surface area contributed by atoms with Crippen molar-refractivity contribution >= 4 is 30.5 Å².